The van der Waals surface area contributed by atoms with Crippen molar-refractivity contribution in [3.05, 3.63) is 51.4 Å². The minimum Gasteiger partial charge on any atom is -0.493 e. The van der Waals surface area contributed by atoms with Gasteiger partial charge in [-0.05, 0) is 45.4 Å². The molecule has 3 aliphatic rings. The van der Waals surface area contributed by atoms with Gasteiger partial charge in [-0.3, -0.25) is 0 Å². The van der Waals surface area contributed by atoms with Crippen LogP contribution in [0.3, 0.4) is 0 Å². The quantitative estimate of drug-likeness (QED) is 0.263. The van der Waals surface area contributed by atoms with E-state index in [-0.39, 0.29) is 11.5 Å². The van der Waals surface area contributed by atoms with Crippen molar-refractivity contribution in [1.82, 2.24) is 0 Å². The SMILES string of the molecule is COc1ccc2c3c1O[C@H]1C([Si](C)(C)C)=C([Si](C)(C)C)C=C(C=C2)[C@@]31CCO[Si](C(C)C)(C(C)C)C(C)C. The van der Waals surface area contributed by atoms with Crippen molar-refractivity contribution in [3.8, 4) is 11.5 Å². The van der Waals surface area contributed by atoms with Crippen LogP contribution in [0.25, 0.3) is 6.08 Å². The van der Waals surface area contributed by atoms with E-state index in [1.165, 1.54) is 16.7 Å². The maximum absolute atomic E-state index is 7.22. The van der Waals surface area contributed by atoms with Crippen LogP contribution in [0, 0.1) is 0 Å². The topological polar surface area (TPSA) is 27.7 Å². The molecular formula is C32H52O3Si3. The smallest absolute Gasteiger partial charge is 0.200 e. The Morgan fingerprint density at radius 3 is 1.97 bits per heavy atom. The standard InChI is InChI=1S/C32H52O3Si3/c1-21(2)38(22(3)4,23(5)6)34-19-18-32-25-16-14-24-15-17-26(33-7)29(28(24)32)35-31(32)30(37(11,12)13)27(20-25)36(8,9)10/h14-17,20-23,31H,18-19H2,1-13H3/t31-,32-/m0/s1. The molecule has 210 valence electrons. The summed E-state index contributed by atoms with van der Waals surface area (Å²) in [6, 6.07) is 4.31. The van der Waals surface area contributed by atoms with Crippen LogP contribution < -0.4 is 9.47 Å². The normalized spacial score (nSPS) is 22.8. The van der Waals surface area contributed by atoms with Gasteiger partial charge in [-0.2, -0.15) is 0 Å². The maximum atomic E-state index is 7.22. The molecule has 0 bridgehead atoms. The molecule has 1 aromatic rings. The van der Waals surface area contributed by atoms with Gasteiger partial charge in [0.25, 0.3) is 0 Å². The summed E-state index contributed by atoms with van der Waals surface area (Å²) >= 11 is 0. The van der Waals surface area contributed by atoms with E-state index >= 15 is 0 Å². The first-order valence-corrected chi connectivity index (χ1v) is 23.8. The summed E-state index contributed by atoms with van der Waals surface area (Å²) in [5.74, 6) is 1.81. The molecule has 38 heavy (non-hydrogen) atoms. The van der Waals surface area contributed by atoms with Crippen molar-refractivity contribution in [2.24, 2.45) is 0 Å². The van der Waals surface area contributed by atoms with Gasteiger partial charge >= 0.3 is 0 Å². The zero-order chi connectivity index (χ0) is 28.4. The van der Waals surface area contributed by atoms with Gasteiger partial charge in [0.15, 0.2) is 19.8 Å². The van der Waals surface area contributed by atoms with Crippen LogP contribution in [0.4, 0.5) is 0 Å². The third kappa shape index (κ3) is 4.38. The lowest BCUT2D eigenvalue weighted by molar-refractivity contribution is 0.166. The third-order valence-electron chi connectivity index (χ3n) is 9.48. The molecule has 1 aromatic carbocycles. The zero-order valence-electron chi connectivity index (χ0n) is 26.3. The largest absolute Gasteiger partial charge is 0.493 e. The summed E-state index contributed by atoms with van der Waals surface area (Å²) in [6.07, 6.45) is 8.23. The predicted molar refractivity (Wildman–Crippen MR) is 172 cm³/mol. The second-order valence-corrected chi connectivity index (χ2v) is 30.2. The molecule has 0 saturated carbocycles. The Morgan fingerprint density at radius 1 is 0.868 bits per heavy atom. The summed E-state index contributed by atoms with van der Waals surface area (Å²) in [7, 11) is -3.57. The second kappa shape index (κ2) is 9.93. The number of benzene rings is 1. The number of ether oxygens (including phenoxy) is 2. The lowest BCUT2D eigenvalue weighted by atomic mass is 9.63. The van der Waals surface area contributed by atoms with Crippen molar-refractivity contribution in [3.63, 3.8) is 0 Å². The molecular weight excluding hydrogens is 517 g/mol. The molecule has 4 rings (SSSR count). The zero-order valence-corrected chi connectivity index (χ0v) is 29.3. The Kier molecular flexibility index (Phi) is 7.74. The van der Waals surface area contributed by atoms with Crippen LogP contribution in [0.5, 0.6) is 11.5 Å². The molecule has 0 saturated heterocycles. The number of methoxy groups -OCH3 is 1. The van der Waals surface area contributed by atoms with Crippen molar-refractivity contribution >= 4 is 30.5 Å². The highest BCUT2D eigenvalue weighted by Crippen LogP contribution is 2.62. The second-order valence-electron chi connectivity index (χ2n) is 14.7. The highest BCUT2D eigenvalue weighted by molar-refractivity contribution is 6.90. The van der Waals surface area contributed by atoms with E-state index in [0.29, 0.717) is 16.6 Å². The van der Waals surface area contributed by atoms with Gasteiger partial charge in [0.1, 0.15) is 6.10 Å². The maximum Gasteiger partial charge on any atom is 0.200 e. The van der Waals surface area contributed by atoms with E-state index in [1.807, 2.05) is 0 Å². The first-order valence-electron chi connectivity index (χ1n) is 14.7. The molecule has 1 heterocycles. The summed E-state index contributed by atoms with van der Waals surface area (Å²) < 4.78 is 20.3. The van der Waals surface area contributed by atoms with Gasteiger partial charge in [-0.1, -0.05) is 110 Å². The minimum absolute atomic E-state index is 0.0164. The highest BCUT2D eigenvalue weighted by atomic mass is 28.4. The van der Waals surface area contributed by atoms with E-state index in [2.05, 4.69) is 111 Å². The van der Waals surface area contributed by atoms with Crippen LogP contribution in [0.15, 0.2) is 40.3 Å². The Hall–Kier alpha value is -1.35. The van der Waals surface area contributed by atoms with Gasteiger partial charge in [-0.15, -0.1) is 0 Å². The molecule has 0 fully saturated rings. The molecule has 0 spiro atoms. The van der Waals surface area contributed by atoms with Gasteiger partial charge in [0.05, 0.1) is 28.7 Å². The Labute approximate surface area is 235 Å². The Morgan fingerprint density at radius 2 is 1.47 bits per heavy atom. The van der Waals surface area contributed by atoms with Crippen molar-refractivity contribution in [2.45, 2.75) is 115 Å². The Bertz CT molecular complexity index is 1160. The molecule has 3 nitrogen and oxygen atoms in total. The number of hydrogen-bond donors (Lipinski definition) is 0. The summed E-state index contributed by atoms with van der Waals surface area (Å²) in [4.78, 5) is 0. The molecule has 0 radical (unpaired) electrons. The van der Waals surface area contributed by atoms with Crippen molar-refractivity contribution in [1.29, 1.82) is 0 Å². The highest BCUT2D eigenvalue weighted by Gasteiger charge is 2.59. The molecule has 0 amide bonds. The first kappa shape index (κ1) is 29.6. The van der Waals surface area contributed by atoms with Crippen LogP contribution >= 0.6 is 0 Å². The number of allylic oxidation sites excluding steroid dienone is 3. The van der Waals surface area contributed by atoms with Crippen LogP contribution in [0.2, 0.25) is 55.9 Å². The predicted octanol–water partition coefficient (Wildman–Crippen LogP) is 9.29. The molecule has 0 N–H and O–H groups in total. The van der Waals surface area contributed by atoms with Crippen molar-refractivity contribution in [2.75, 3.05) is 13.7 Å². The van der Waals surface area contributed by atoms with Crippen LogP contribution in [-0.2, 0) is 9.84 Å². The van der Waals surface area contributed by atoms with Crippen molar-refractivity contribution < 1.29 is 13.9 Å². The summed E-state index contributed by atoms with van der Waals surface area (Å²) in [5.41, 5.74) is 5.51. The van der Waals surface area contributed by atoms with Crippen LogP contribution in [0.1, 0.15) is 59.1 Å². The van der Waals surface area contributed by atoms with Crippen LogP contribution in [-0.4, -0.2) is 44.3 Å². The summed E-state index contributed by atoms with van der Waals surface area (Å²) in [6.45, 7) is 30.0. The van der Waals surface area contributed by atoms with Gasteiger partial charge in [0.2, 0.25) is 0 Å². The lowest BCUT2D eigenvalue weighted by Crippen LogP contribution is -2.53. The fraction of sp³-hybridized carbons (Fsp3) is 0.625. The molecule has 6 heteroatoms. The lowest BCUT2D eigenvalue weighted by Gasteiger charge is -2.48. The fourth-order valence-electron chi connectivity index (χ4n) is 7.99. The van der Waals surface area contributed by atoms with E-state index in [0.717, 1.165) is 24.5 Å². The van der Waals surface area contributed by atoms with E-state index in [9.17, 15) is 0 Å². The van der Waals surface area contributed by atoms with Gasteiger partial charge < -0.3 is 13.9 Å². The molecule has 2 aliphatic carbocycles. The van der Waals surface area contributed by atoms with E-state index < -0.39 is 24.5 Å². The number of rotatable bonds is 10. The first-order chi connectivity index (χ1) is 17.5. The molecule has 0 unspecified atom stereocenters. The minimum atomic E-state index is -1.98. The molecule has 1 aliphatic heterocycles. The van der Waals surface area contributed by atoms with E-state index in [1.54, 1.807) is 17.5 Å². The monoisotopic (exact) mass is 568 g/mol. The molecule has 0 aromatic heterocycles. The number of hydrogen-bond acceptors (Lipinski definition) is 3. The summed E-state index contributed by atoms with van der Waals surface area (Å²) in [5, 5.41) is 3.21. The fourth-order valence-corrected chi connectivity index (χ4v) is 19.2. The third-order valence-corrected chi connectivity index (χ3v) is 20.0. The van der Waals surface area contributed by atoms with Gasteiger partial charge in [0, 0.05) is 12.2 Å². The van der Waals surface area contributed by atoms with E-state index in [4.69, 9.17) is 13.9 Å². The average molecular weight is 569 g/mol. The Balaban J connectivity index is 1.92. The average Bonchev–Trinajstić information content (AvgIpc) is 3.13. The molecule has 2 atom stereocenters. The van der Waals surface area contributed by atoms with Gasteiger partial charge in [-0.25, -0.2) is 0 Å².